The SMILES string of the molecule is CNC(=O)[C@@H]1C[C@@]2(C[C@@H]2C(=O)N(CCN2CCOCC2)Cc2ccco2)CN1CC(C)C. The van der Waals surface area contributed by atoms with E-state index in [1.54, 1.807) is 13.3 Å². The topological polar surface area (TPSA) is 78.3 Å². The second-order valence-corrected chi connectivity index (χ2v) is 10.1. The fraction of sp³-hybridized carbons (Fsp3) is 0.750. The number of carbonyl (C=O) groups is 2. The highest BCUT2D eigenvalue weighted by atomic mass is 16.5. The summed E-state index contributed by atoms with van der Waals surface area (Å²) in [5, 5.41) is 2.82. The van der Waals surface area contributed by atoms with Crippen molar-refractivity contribution in [1.29, 1.82) is 0 Å². The van der Waals surface area contributed by atoms with Gasteiger partial charge in [-0.3, -0.25) is 19.4 Å². The molecule has 32 heavy (non-hydrogen) atoms. The van der Waals surface area contributed by atoms with Gasteiger partial charge in [-0.2, -0.15) is 0 Å². The van der Waals surface area contributed by atoms with Crippen molar-refractivity contribution in [2.75, 3.05) is 59.5 Å². The van der Waals surface area contributed by atoms with Gasteiger partial charge in [0, 0.05) is 52.2 Å². The Labute approximate surface area is 191 Å². The summed E-state index contributed by atoms with van der Waals surface area (Å²) < 4.78 is 11.0. The number of rotatable bonds is 9. The monoisotopic (exact) mass is 446 g/mol. The average molecular weight is 447 g/mol. The molecule has 3 aliphatic rings. The van der Waals surface area contributed by atoms with E-state index in [-0.39, 0.29) is 29.2 Å². The summed E-state index contributed by atoms with van der Waals surface area (Å²) >= 11 is 0. The van der Waals surface area contributed by atoms with E-state index in [9.17, 15) is 9.59 Å². The lowest BCUT2D eigenvalue weighted by Crippen LogP contribution is -2.43. The van der Waals surface area contributed by atoms with Crippen LogP contribution in [0.4, 0.5) is 0 Å². The van der Waals surface area contributed by atoms with E-state index in [1.807, 2.05) is 17.0 Å². The molecule has 0 unspecified atom stereocenters. The van der Waals surface area contributed by atoms with E-state index in [4.69, 9.17) is 9.15 Å². The molecule has 3 heterocycles. The third-order valence-corrected chi connectivity index (χ3v) is 7.22. The molecule has 178 valence electrons. The van der Waals surface area contributed by atoms with Crippen LogP contribution in [0.5, 0.6) is 0 Å². The number of hydrogen-bond acceptors (Lipinski definition) is 6. The highest BCUT2D eigenvalue weighted by molar-refractivity contribution is 5.85. The minimum absolute atomic E-state index is 0.00790. The van der Waals surface area contributed by atoms with Crippen molar-refractivity contribution in [1.82, 2.24) is 20.0 Å². The second-order valence-electron chi connectivity index (χ2n) is 10.1. The maximum absolute atomic E-state index is 13.7. The Morgan fingerprint density at radius 1 is 1.28 bits per heavy atom. The summed E-state index contributed by atoms with van der Waals surface area (Å²) in [5.74, 6) is 1.56. The van der Waals surface area contributed by atoms with E-state index < -0.39 is 0 Å². The fourth-order valence-electron chi connectivity index (χ4n) is 5.44. The van der Waals surface area contributed by atoms with E-state index in [0.29, 0.717) is 19.0 Å². The van der Waals surface area contributed by atoms with Crippen molar-refractivity contribution < 1.29 is 18.7 Å². The molecule has 8 nitrogen and oxygen atoms in total. The van der Waals surface area contributed by atoms with Crippen molar-refractivity contribution in [2.24, 2.45) is 17.3 Å². The number of furan rings is 1. The molecule has 1 N–H and O–H groups in total. The molecular weight excluding hydrogens is 408 g/mol. The Kier molecular flexibility index (Phi) is 7.22. The zero-order valence-corrected chi connectivity index (χ0v) is 19.7. The molecule has 8 heteroatoms. The third-order valence-electron chi connectivity index (χ3n) is 7.22. The molecule has 1 spiro atoms. The zero-order valence-electron chi connectivity index (χ0n) is 19.7. The van der Waals surface area contributed by atoms with Crippen LogP contribution in [0, 0.1) is 17.3 Å². The molecule has 1 saturated carbocycles. The molecule has 1 aromatic rings. The van der Waals surface area contributed by atoms with Crippen LogP contribution in [0.3, 0.4) is 0 Å². The zero-order chi connectivity index (χ0) is 22.7. The number of amides is 2. The van der Waals surface area contributed by atoms with Crippen molar-refractivity contribution in [3.05, 3.63) is 24.2 Å². The number of likely N-dealkylation sites (N-methyl/N-ethyl adjacent to an activating group) is 1. The normalized spacial score (nSPS) is 28.4. The van der Waals surface area contributed by atoms with Crippen molar-refractivity contribution in [2.45, 2.75) is 39.3 Å². The number of carbonyl (C=O) groups excluding carboxylic acids is 2. The largest absolute Gasteiger partial charge is 0.467 e. The highest BCUT2D eigenvalue weighted by Crippen LogP contribution is 2.60. The summed E-state index contributed by atoms with van der Waals surface area (Å²) in [5.41, 5.74) is -0.0659. The van der Waals surface area contributed by atoms with Gasteiger partial charge in [-0.1, -0.05) is 13.8 Å². The van der Waals surface area contributed by atoms with Crippen molar-refractivity contribution >= 4 is 11.8 Å². The first kappa shape index (κ1) is 23.3. The van der Waals surface area contributed by atoms with Gasteiger partial charge >= 0.3 is 0 Å². The predicted molar refractivity (Wildman–Crippen MR) is 121 cm³/mol. The number of nitrogens with one attached hydrogen (secondary N) is 1. The van der Waals surface area contributed by atoms with Gasteiger partial charge in [-0.15, -0.1) is 0 Å². The lowest BCUT2D eigenvalue weighted by atomic mass is 9.98. The first-order valence-electron chi connectivity index (χ1n) is 12.0. The summed E-state index contributed by atoms with van der Waals surface area (Å²) in [6.07, 6.45) is 3.31. The van der Waals surface area contributed by atoms with Gasteiger partial charge in [-0.25, -0.2) is 0 Å². The molecular formula is C24H38N4O4. The highest BCUT2D eigenvalue weighted by Gasteiger charge is 2.64. The van der Waals surface area contributed by atoms with Gasteiger partial charge in [0.25, 0.3) is 0 Å². The summed E-state index contributed by atoms with van der Waals surface area (Å²) in [7, 11) is 1.70. The Morgan fingerprint density at radius 2 is 2.06 bits per heavy atom. The van der Waals surface area contributed by atoms with E-state index in [1.165, 1.54) is 0 Å². The molecule has 1 aliphatic carbocycles. The number of ether oxygens (including phenoxy) is 1. The van der Waals surface area contributed by atoms with Crippen LogP contribution in [-0.2, 0) is 20.9 Å². The minimum atomic E-state index is -0.132. The second kappa shape index (κ2) is 9.93. The molecule has 0 aromatic carbocycles. The molecule has 2 amide bonds. The number of nitrogens with zero attached hydrogens (tertiary/aromatic N) is 3. The molecule has 3 atom stereocenters. The Hall–Kier alpha value is -1.90. The van der Waals surface area contributed by atoms with Crippen molar-refractivity contribution in [3.8, 4) is 0 Å². The first-order valence-corrected chi connectivity index (χ1v) is 12.0. The summed E-state index contributed by atoms with van der Waals surface area (Å²) in [4.78, 5) is 32.8. The van der Waals surface area contributed by atoms with Crippen LogP contribution < -0.4 is 5.32 Å². The predicted octanol–water partition coefficient (Wildman–Crippen LogP) is 1.42. The number of hydrogen-bond donors (Lipinski definition) is 1. The fourth-order valence-corrected chi connectivity index (χ4v) is 5.44. The van der Waals surface area contributed by atoms with Crippen LogP contribution in [0.2, 0.25) is 0 Å². The molecule has 1 aromatic heterocycles. The molecule has 0 bridgehead atoms. The molecule has 3 fully saturated rings. The Balaban J connectivity index is 1.43. The van der Waals surface area contributed by atoms with Crippen LogP contribution in [0.25, 0.3) is 0 Å². The van der Waals surface area contributed by atoms with Crippen LogP contribution in [0.15, 0.2) is 22.8 Å². The molecule has 2 aliphatic heterocycles. The maximum atomic E-state index is 13.7. The van der Waals surface area contributed by atoms with Gasteiger partial charge in [0.1, 0.15) is 5.76 Å². The summed E-state index contributed by atoms with van der Waals surface area (Å²) in [6.45, 7) is 11.4. The molecule has 4 rings (SSSR count). The average Bonchev–Trinajstić information content (AvgIpc) is 3.09. The van der Waals surface area contributed by atoms with Crippen LogP contribution in [-0.4, -0.2) is 92.1 Å². The van der Waals surface area contributed by atoms with E-state index in [2.05, 4.69) is 29.0 Å². The maximum Gasteiger partial charge on any atom is 0.237 e. The minimum Gasteiger partial charge on any atom is -0.467 e. The molecule has 0 radical (unpaired) electrons. The Morgan fingerprint density at radius 3 is 2.72 bits per heavy atom. The van der Waals surface area contributed by atoms with Gasteiger partial charge in [0.15, 0.2) is 0 Å². The van der Waals surface area contributed by atoms with Gasteiger partial charge in [-0.05, 0) is 36.3 Å². The van der Waals surface area contributed by atoms with Crippen LogP contribution in [0.1, 0.15) is 32.4 Å². The standard InChI is InChI=1S/C24H38N4O4/c1-18(2)15-28-17-24(14-21(28)22(29)25-3)13-20(24)23(30)27(16-19-5-4-10-32-19)7-6-26-8-11-31-12-9-26/h4-5,10,18,20-21H,6-9,11-17H2,1-3H3,(H,25,29)/t20-,21+,24+/m1/s1. The smallest absolute Gasteiger partial charge is 0.237 e. The summed E-state index contributed by atoms with van der Waals surface area (Å²) in [6, 6.07) is 3.67. The van der Waals surface area contributed by atoms with Gasteiger partial charge in [0.05, 0.1) is 32.1 Å². The van der Waals surface area contributed by atoms with E-state index >= 15 is 0 Å². The molecule has 2 saturated heterocycles. The van der Waals surface area contributed by atoms with Gasteiger partial charge < -0.3 is 19.4 Å². The lowest BCUT2D eigenvalue weighted by molar-refractivity contribution is -0.134. The Bertz CT molecular complexity index is 777. The van der Waals surface area contributed by atoms with Crippen molar-refractivity contribution in [3.63, 3.8) is 0 Å². The first-order chi connectivity index (χ1) is 15.4. The third kappa shape index (κ3) is 5.18. The van der Waals surface area contributed by atoms with Gasteiger partial charge in [0.2, 0.25) is 11.8 Å². The van der Waals surface area contributed by atoms with Crippen LogP contribution >= 0.6 is 0 Å². The van der Waals surface area contributed by atoms with E-state index in [0.717, 1.165) is 64.5 Å². The quantitative estimate of drug-likeness (QED) is 0.618. The lowest BCUT2D eigenvalue weighted by Gasteiger charge is -2.30. The number of morpholine rings is 1. The number of likely N-dealkylation sites (tertiary alicyclic amines) is 1.